The van der Waals surface area contributed by atoms with Crippen LogP contribution in [0.1, 0.15) is 51.4 Å². The van der Waals surface area contributed by atoms with Gasteiger partial charge in [-0.3, -0.25) is 0 Å². The van der Waals surface area contributed by atoms with Crippen LogP contribution in [0.15, 0.2) is 0 Å². The molecule has 0 aromatic rings. The first-order valence-corrected chi connectivity index (χ1v) is 6.19. The lowest BCUT2D eigenvalue weighted by molar-refractivity contribution is 0.0380. The van der Waals surface area contributed by atoms with E-state index >= 15 is 0 Å². The maximum Gasteiger partial charge on any atom is 0.0724 e. The molecule has 0 saturated heterocycles. The van der Waals surface area contributed by atoms with Crippen molar-refractivity contribution in [2.75, 3.05) is 7.11 Å². The van der Waals surface area contributed by atoms with Crippen molar-refractivity contribution in [3.8, 4) is 0 Å². The van der Waals surface area contributed by atoms with Crippen molar-refractivity contribution < 1.29 is 4.74 Å². The van der Waals surface area contributed by atoms with E-state index in [1.54, 1.807) is 0 Å². The standard InChI is InChI=1S/C12H23NO/c1-14-12-9-5-4-8-11(12)13-10-6-2-3-7-10/h10-13H,2-9H2,1H3/t11-,12-/m1/s1. The number of hydrogen-bond donors (Lipinski definition) is 1. The van der Waals surface area contributed by atoms with Crippen molar-refractivity contribution in [2.45, 2.75) is 69.6 Å². The minimum absolute atomic E-state index is 0.476. The van der Waals surface area contributed by atoms with Crippen LogP contribution in [-0.2, 0) is 4.74 Å². The first kappa shape index (κ1) is 10.4. The van der Waals surface area contributed by atoms with Crippen LogP contribution in [0.2, 0.25) is 0 Å². The summed E-state index contributed by atoms with van der Waals surface area (Å²) in [5.74, 6) is 0. The zero-order valence-electron chi connectivity index (χ0n) is 9.30. The monoisotopic (exact) mass is 197 g/mol. The van der Waals surface area contributed by atoms with Gasteiger partial charge in [-0.05, 0) is 25.7 Å². The van der Waals surface area contributed by atoms with Gasteiger partial charge in [-0.15, -0.1) is 0 Å². The van der Waals surface area contributed by atoms with Crippen LogP contribution in [-0.4, -0.2) is 25.3 Å². The van der Waals surface area contributed by atoms with E-state index in [2.05, 4.69) is 5.32 Å². The summed E-state index contributed by atoms with van der Waals surface area (Å²) in [7, 11) is 1.86. The lowest BCUT2D eigenvalue weighted by atomic mass is 9.91. The SMILES string of the molecule is CO[C@@H]1CCCC[C@H]1NC1CCCC1. The van der Waals surface area contributed by atoms with Gasteiger partial charge in [0.05, 0.1) is 6.10 Å². The molecule has 2 aliphatic carbocycles. The molecule has 0 bridgehead atoms. The minimum Gasteiger partial charge on any atom is -0.380 e. The van der Waals surface area contributed by atoms with Crippen molar-refractivity contribution in [1.29, 1.82) is 0 Å². The van der Waals surface area contributed by atoms with E-state index in [9.17, 15) is 0 Å². The van der Waals surface area contributed by atoms with Gasteiger partial charge in [0.2, 0.25) is 0 Å². The fourth-order valence-corrected chi connectivity index (χ4v) is 2.96. The minimum atomic E-state index is 0.476. The Bertz CT molecular complexity index is 166. The normalized spacial score (nSPS) is 34.9. The molecule has 2 heteroatoms. The highest BCUT2D eigenvalue weighted by molar-refractivity contribution is 4.86. The number of rotatable bonds is 3. The van der Waals surface area contributed by atoms with Gasteiger partial charge in [0.15, 0.2) is 0 Å². The van der Waals surface area contributed by atoms with Crippen LogP contribution >= 0.6 is 0 Å². The highest BCUT2D eigenvalue weighted by Gasteiger charge is 2.27. The van der Waals surface area contributed by atoms with E-state index in [-0.39, 0.29) is 0 Å². The van der Waals surface area contributed by atoms with Crippen LogP contribution in [0.25, 0.3) is 0 Å². The van der Waals surface area contributed by atoms with Crippen LogP contribution in [0.5, 0.6) is 0 Å². The molecular formula is C12H23NO. The highest BCUT2D eigenvalue weighted by Crippen LogP contribution is 2.24. The third-order valence-corrected chi connectivity index (χ3v) is 3.81. The lowest BCUT2D eigenvalue weighted by Crippen LogP contribution is -2.46. The first-order chi connectivity index (χ1) is 6.90. The molecule has 0 amide bonds. The third-order valence-electron chi connectivity index (χ3n) is 3.81. The summed E-state index contributed by atoms with van der Waals surface area (Å²) >= 11 is 0. The number of methoxy groups -OCH3 is 1. The van der Waals surface area contributed by atoms with Gasteiger partial charge in [0, 0.05) is 19.2 Å². The topological polar surface area (TPSA) is 21.3 Å². The maximum absolute atomic E-state index is 5.55. The van der Waals surface area contributed by atoms with Crippen molar-refractivity contribution >= 4 is 0 Å². The lowest BCUT2D eigenvalue weighted by Gasteiger charge is -2.33. The van der Waals surface area contributed by atoms with Crippen LogP contribution in [0, 0.1) is 0 Å². The van der Waals surface area contributed by atoms with Gasteiger partial charge >= 0.3 is 0 Å². The predicted molar refractivity (Wildman–Crippen MR) is 58.4 cm³/mol. The van der Waals surface area contributed by atoms with Gasteiger partial charge in [-0.1, -0.05) is 25.7 Å². The molecule has 0 radical (unpaired) electrons. The van der Waals surface area contributed by atoms with Gasteiger partial charge < -0.3 is 10.1 Å². The second-order valence-electron chi connectivity index (χ2n) is 4.81. The second kappa shape index (κ2) is 5.13. The summed E-state index contributed by atoms with van der Waals surface area (Å²) < 4.78 is 5.55. The molecule has 0 spiro atoms. The largest absolute Gasteiger partial charge is 0.380 e. The van der Waals surface area contributed by atoms with Crippen molar-refractivity contribution in [3.05, 3.63) is 0 Å². The molecule has 2 rings (SSSR count). The quantitative estimate of drug-likeness (QED) is 0.750. The average Bonchev–Trinajstić information content (AvgIpc) is 2.71. The van der Waals surface area contributed by atoms with Crippen molar-refractivity contribution in [3.63, 3.8) is 0 Å². The number of ether oxygens (including phenoxy) is 1. The molecule has 0 aromatic heterocycles. The van der Waals surface area contributed by atoms with E-state index < -0.39 is 0 Å². The molecule has 82 valence electrons. The Morgan fingerprint density at radius 2 is 1.57 bits per heavy atom. The Balaban J connectivity index is 1.81. The molecule has 2 saturated carbocycles. The molecule has 2 nitrogen and oxygen atoms in total. The molecule has 2 aliphatic rings. The number of hydrogen-bond acceptors (Lipinski definition) is 2. The Morgan fingerprint density at radius 1 is 0.929 bits per heavy atom. The zero-order chi connectivity index (χ0) is 9.80. The fourth-order valence-electron chi connectivity index (χ4n) is 2.96. The third kappa shape index (κ3) is 2.48. The van der Waals surface area contributed by atoms with Crippen molar-refractivity contribution in [2.24, 2.45) is 0 Å². The van der Waals surface area contributed by atoms with Crippen LogP contribution in [0.4, 0.5) is 0 Å². The zero-order valence-corrected chi connectivity index (χ0v) is 9.30. The molecule has 14 heavy (non-hydrogen) atoms. The predicted octanol–water partition coefficient (Wildman–Crippen LogP) is 2.48. The number of nitrogens with one attached hydrogen (secondary N) is 1. The van der Waals surface area contributed by atoms with Gasteiger partial charge in [-0.2, -0.15) is 0 Å². The fraction of sp³-hybridized carbons (Fsp3) is 1.00. The molecule has 0 aliphatic heterocycles. The van der Waals surface area contributed by atoms with Gasteiger partial charge in [0.1, 0.15) is 0 Å². The molecule has 1 N–H and O–H groups in total. The second-order valence-corrected chi connectivity index (χ2v) is 4.81. The van der Waals surface area contributed by atoms with E-state index in [1.165, 1.54) is 51.4 Å². The van der Waals surface area contributed by atoms with E-state index in [0.717, 1.165) is 6.04 Å². The summed E-state index contributed by atoms with van der Waals surface area (Å²) in [6, 6.07) is 1.42. The molecule has 2 atom stereocenters. The van der Waals surface area contributed by atoms with Crippen LogP contribution < -0.4 is 5.32 Å². The van der Waals surface area contributed by atoms with Gasteiger partial charge in [0.25, 0.3) is 0 Å². The van der Waals surface area contributed by atoms with Gasteiger partial charge in [-0.25, -0.2) is 0 Å². The molecule has 0 aromatic carbocycles. The van der Waals surface area contributed by atoms with E-state index in [0.29, 0.717) is 12.1 Å². The van der Waals surface area contributed by atoms with E-state index in [1.807, 2.05) is 7.11 Å². The van der Waals surface area contributed by atoms with Crippen LogP contribution in [0.3, 0.4) is 0 Å². The van der Waals surface area contributed by atoms with Crippen molar-refractivity contribution in [1.82, 2.24) is 5.32 Å². The Labute approximate surface area is 87.4 Å². The maximum atomic E-state index is 5.55. The highest BCUT2D eigenvalue weighted by atomic mass is 16.5. The molecule has 0 unspecified atom stereocenters. The Morgan fingerprint density at radius 3 is 2.29 bits per heavy atom. The average molecular weight is 197 g/mol. The molecular weight excluding hydrogens is 174 g/mol. The first-order valence-electron chi connectivity index (χ1n) is 6.19. The molecule has 2 fully saturated rings. The molecule has 0 heterocycles. The van der Waals surface area contributed by atoms with E-state index in [4.69, 9.17) is 4.74 Å². The summed E-state index contributed by atoms with van der Waals surface area (Å²) in [4.78, 5) is 0. The summed E-state index contributed by atoms with van der Waals surface area (Å²) in [6.07, 6.45) is 11.4. The summed E-state index contributed by atoms with van der Waals surface area (Å²) in [5, 5.41) is 3.79. The Kier molecular flexibility index (Phi) is 3.82. The summed E-state index contributed by atoms with van der Waals surface area (Å²) in [6.45, 7) is 0. The smallest absolute Gasteiger partial charge is 0.0724 e. The summed E-state index contributed by atoms with van der Waals surface area (Å²) in [5.41, 5.74) is 0. The Hall–Kier alpha value is -0.0800.